The maximum atomic E-state index is 12.6. The maximum absolute atomic E-state index is 12.6. The number of allylic oxidation sites excluding steroid dienone is 2. The Hall–Kier alpha value is -2.77. The first-order valence-corrected chi connectivity index (χ1v) is 7.16. The number of imidazole rings is 1. The predicted molar refractivity (Wildman–Crippen MR) is 76.5 cm³/mol. The third-order valence-electron chi connectivity index (χ3n) is 3.88. The molecule has 0 fully saturated rings. The molecule has 0 unspecified atom stereocenters. The summed E-state index contributed by atoms with van der Waals surface area (Å²) in [5.74, 6) is -1.35. The minimum absolute atomic E-state index is 0.00352. The van der Waals surface area contributed by atoms with Crippen molar-refractivity contribution < 1.29 is 23.9 Å². The van der Waals surface area contributed by atoms with Crippen LogP contribution in [0.2, 0.25) is 0 Å². The molecule has 2 heterocycles. The number of hydrogen-bond donors (Lipinski definition) is 1. The monoisotopic (exact) mass is 317 g/mol. The Morgan fingerprint density at radius 3 is 2.57 bits per heavy atom. The van der Waals surface area contributed by atoms with E-state index in [0.29, 0.717) is 18.8 Å². The summed E-state index contributed by atoms with van der Waals surface area (Å²) in [6.07, 6.45) is -0.0546. The van der Waals surface area contributed by atoms with E-state index in [2.05, 4.69) is 10.3 Å². The number of carbonyl (C=O) groups is 4. The average molecular weight is 317 g/mol. The molecular formula is C15H15N3O5. The highest BCUT2D eigenvalue weighted by Crippen LogP contribution is 2.35. The van der Waals surface area contributed by atoms with Crippen LogP contribution in [0.15, 0.2) is 11.3 Å². The number of fused-ring (bicyclic) bond motifs is 3. The second-order valence-corrected chi connectivity index (χ2v) is 5.55. The Bertz CT molecular complexity index is 802. The number of ketones is 2. The molecule has 0 spiro atoms. The Balaban J connectivity index is 2.07. The van der Waals surface area contributed by atoms with Crippen molar-refractivity contribution in [3.63, 3.8) is 0 Å². The van der Waals surface area contributed by atoms with Gasteiger partial charge in [-0.05, 0) is 6.92 Å². The van der Waals surface area contributed by atoms with E-state index in [1.165, 1.54) is 20.8 Å². The number of ether oxygens (including phenoxy) is 1. The third kappa shape index (κ3) is 2.26. The summed E-state index contributed by atoms with van der Waals surface area (Å²) in [6.45, 7) is 4.49. The Labute approximate surface area is 131 Å². The molecule has 2 aliphatic rings. The summed E-state index contributed by atoms with van der Waals surface area (Å²) in [4.78, 5) is 51.7. The molecular weight excluding hydrogens is 302 g/mol. The van der Waals surface area contributed by atoms with Gasteiger partial charge < -0.3 is 14.6 Å². The number of carbonyl (C=O) groups excluding carboxylic acids is 4. The van der Waals surface area contributed by atoms with E-state index >= 15 is 0 Å². The Morgan fingerprint density at radius 2 is 1.96 bits per heavy atom. The summed E-state index contributed by atoms with van der Waals surface area (Å²) in [5, 5.41) is 2.40. The van der Waals surface area contributed by atoms with E-state index < -0.39 is 23.8 Å². The molecule has 1 atom stereocenters. The van der Waals surface area contributed by atoms with Crippen LogP contribution in [-0.2, 0) is 20.9 Å². The summed E-state index contributed by atoms with van der Waals surface area (Å²) in [6, 6.07) is 0. The molecule has 1 aromatic heterocycles. The van der Waals surface area contributed by atoms with Crippen molar-refractivity contribution in [2.45, 2.75) is 39.8 Å². The first-order valence-electron chi connectivity index (χ1n) is 7.16. The third-order valence-corrected chi connectivity index (χ3v) is 3.88. The molecule has 1 aliphatic heterocycles. The molecule has 0 radical (unpaired) electrons. The van der Waals surface area contributed by atoms with Crippen molar-refractivity contribution in [3.8, 4) is 0 Å². The second-order valence-electron chi connectivity index (χ2n) is 5.55. The second kappa shape index (κ2) is 5.15. The van der Waals surface area contributed by atoms with E-state index in [1.807, 2.05) is 0 Å². The zero-order chi connectivity index (χ0) is 16.9. The lowest BCUT2D eigenvalue weighted by Crippen LogP contribution is -2.33. The molecule has 8 nitrogen and oxygen atoms in total. The fourth-order valence-corrected chi connectivity index (χ4v) is 2.92. The largest absolute Gasteiger partial charge is 0.454 e. The molecule has 1 N–H and O–H groups in total. The molecule has 0 saturated heterocycles. The highest BCUT2D eigenvalue weighted by Gasteiger charge is 2.40. The topological polar surface area (TPSA) is 107 Å². The van der Waals surface area contributed by atoms with Gasteiger partial charge in [-0.1, -0.05) is 0 Å². The van der Waals surface area contributed by atoms with Crippen molar-refractivity contribution in [2.24, 2.45) is 0 Å². The summed E-state index contributed by atoms with van der Waals surface area (Å²) in [7, 11) is 0. The van der Waals surface area contributed by atoms with Crippen LogP contribution in [0.3, 0.4) is 0 Å². The molecule has 1 aliphatic carbocycles. The van der Waals surface area contributed by atoms with Crippen LogP contribution in [-0.4, -0.2) is 33.0 Å². The molecule has 0 aromatic carbocycles. The lowest BCUT2D eigenvalue weighted by atomic mass is 9.95. The van der Waals surface area contributed by atoms with Crippen LogP contribution in [0.4, 0.5) is 0 Å². The molecule has 1 amide bonds. The molecule has 0 saturated carbocycles. The van der Waals surface area contributed by atoms with Gasteiger partial charge in [0.25, 0.3) is 0 Å². The Morgan fingerprint density at radius 1 is 1.26 bits per heavy atom. The number of nitrogens with zero attached hydrogens (tertiary/aromatic N) is 2. The number of esters is 1. The van der Waals surface area contributed by atoms with Gasteiger partial charge in [-0.15, -0.1) is 0 Å². The minimum Gasteiger partial charge on any atom is -0.454 e. The van der Waals surface area contributed by atoms with E-state index in [0.717, 1.165) is 0 Å². The van der Waals surface area contributed by atoms with Crippen molar-refractivity contribution in [1.82, 2.24) is 14.9 Å². The lowest BCUT2D eigenvalue weighted by molar-refractivity contribution is -0.146. The van der Waals surface area contributed by atoms with Gasteiger partial charge in [-0.2, -0.15) is 0 Å². The SMILES string of the molecule is CC(=O)NC1=C(C)C(=O)c2c(nc3n2CC[C@@H]3OC(C)=O)C1=O. The number of nitrogens with one attached hydrogen (secondary N) is 1. The normalized spacial score (nSPS) is 19.5. The van der Waals surface area contributed by atoms with Gasteiger partial charge in [0.1, 0.15) is 11.4 Å². The number of rotatable bonds is 2. The fraction of sp³-hybridized carbons (Fsp3) is 0.400. The molecule has 3 rings (SSSR count). The van der Waals surface area contributed by atoms with E-state index in [1.54, 1.807) is 4.57 Å². The van der Waals surface area contributed by atoms with E-state index in [9.17, 15) is 19.2 Å². The van der Waals surface area contributed by atoms with E-state index in [4.69, 9.17) is 4.74 Å². The summed E-state index contributed by atoms with van der Waals surface area (Å²) < 4.78 is 6.80. The van der Waals surface area contributed by atoms with Crippen LogP contribution in [0, 0.1) is 0 Å². The van der Waals surface area contributed by atoms with Crippen LogP contribution in [0.25, 0.3) is 0 Å². The van der Waals surface area contributed by atoms with Crippen LogP contribution in [0.1, 0.15) is 60.1 Å². The highest BCUT2D eigenvalue weighted by atomic mass is 16.5. The highest BCUT2D eigenvalue weighted by molar-refractivity contribution is 6.26. The first kappa shape index (κ1) is 15.1. The number of aromatic nitrogens is 2. The van der Waals surface area contributed by atoms with Gasteiger partial charge >= 0.3 is 5.97 Å². The van der Waals surface area contributed by atoms with Gasteiger partial charge in [0, 0.05) is 32.4 Å². The fourth-order valence-electron chi connectivity index (χ4n) is 2.92. The zero-order valence-corrected chi connectivity index (χ0v) is 12.9. The van der Waals surface area contributed by atoms with E-state index in [-0.39, 0.29) is 28.4 Å². The van der Waals surface area contributed by atoms with Gasteiger partial charge in [0.15, 0.2) is 11.9 Å². The van der Waals surface area contributed by atoms with Crippen molar-refractivity contribution in [1.29, 1.82) is 0 Å². The molecule has 120 valence electrons. The molecule has 23 heavy (non-hydrogen) atoms. The molecule has 1 aromatic rings. The number of Topliss-reactive ketones (excluding diaryl/α,β-unsaturated/α-hetero) is 2. The Kier molecular flexibility index (Phi) is 3.39. The predicted octanol–water partition coefficient (Wildman–Crippen LogP) is 0.680. The summed E-state index contributed by atoms with van der Waals surface area (Å²) in [5.41, 5.74) is 0.328. The quantitative estimate of drug-likeness (QED) is 0.804. The maximum Gasteiger partial charge on any atom is 0.303 e. The van der Waals surface area contributed by atoms with Crippen molar-refractivity contribution >= 4 is 23.4 Å². The summed E-state index contributed by atoms with van der Waals surface area (Å²) >= 11 is 0. The van der Waals surface area contributed by atoms with Crippen LogP contribution in [0.5, 0.6) is 0 Å². The van der Waals surface area contributed by atoms with Crippen LogP contribution < -0.4 is 5.32 Å². The lowest BCUT2D eigenvalue weighted by Gasteiger charge is -2.16. The average Bonchev–Trinajstić information content (AvgIpc) is 3.01. The first-order chi connectivity index (χ1) is 10.8. The number of hydrogen-bond acceptors (Lipinski definition) is 6. The number of amides is 1. The van der Waals surface area contributed by atoms with Gasteiger partial charge in [-0.3, -0.25) is 19.2 Å². The van der Waals surface area contributed by atoms with Gasteiger partial charge in [-0.25, -0.2) is 4.98 Å². The van der Waals surface area contributed by atoms with Crippen molar-refractivity contribution in [3.05, 3.63) is 28.5 Å². The van der Waals surface area contributed by atoms with Gasteiger partial charge in [0.2, 0.25) is 17.5 Å². The smallest absolute Gasteiger partial charge is 0.303 e. The molecule has 0 bridgehead atoms. The zero-order valence-electron chi connectivity index (χ0n) is 12.9. The van der Waals surface area contributed by atoms with Gasteiger partial charge in [0.05, 0.1) is 5.70 Å². The van der Waals surface area contributed by atoms with Crippen molar-refractivity contribution in [2.75, 3.05) is 0 Å². The van der Waals surface area contributed by atoms with Crippen LogP contribution >= 0.6 is 0 Å². The molecule has 8 heteroatoms. The minimum atomic E-state index is -0.566. The standard InChI is InChI=1S/C15H15N3O5/c1-6-10(16-7(2)19)14(22)11-12(13(6)21)18-5-4-9(15(18)17-11)23-8(3)20/h9H,4-5H2,1-3H3,(H,16,19)/t9-/m0/s1.